The molecule has 1 unspecified atom stereocenters. The van der Waals surface area contributed by atoms with Crippen molar-refractivity contribution in [1.29, 1.82) is 0 Å². The predicted octanol–water partition coefficient (Wildman–Crippen LogP) is 2.81. The first-order chi connectivity index (χ1) is 7.31. The standard InChI is InChI=1S/C12H16BrNO/c1-14(12-6-7-15-9-12)11-4-2-10(8-13)3-5-11/h2-5,12H,6-9H2,1H3. The van der Waals surface area contributed by atoms with Gasteiger partial charge in [-0.1, -0.05) is 28.1 Å². The Hall–Kier alpha value is -0.540. The summed E-state index contributed by atoms with van der Waals surface area (Å²) in [6, 6.07) is 9.22. The quantitative estimate of drug-likeness (QED) is 0.783. The van der Waals surface area contributed by atoms with Crippen LogP contribution in [0, 0.1) is 0 Å². The first kappa shape index (κ1) is 11.0. The summed E-state index contributed by atoms with van der Waals surface area (Å²) >= 11 is 3.45. The molecule has 0 aromatic heterocycles. The average molecular weight is 270 g/mol. The fraction of sp³-hybridized carbons (Fsp3) is 0.500. The molecule has 1 aliphatic heterocycles. The van der Waals surface area contributed by atoms with Gasteiger partial charge in [0.05, 0.1) is 12.6 Å². The second kappa shape index (κ2) is 4.99. The fourth-order valence-electron chi connectivity index (χ4n) is 1.86. The third-order valence-corrected chi connectivity index (χ3v) is 3.60. The number of anilines is 1. The maximum absolute atomic E-state index is 5.40. The van der Waals surface area contributed by atoms with Crippen LogP contribution in [-0.4, -0.2) is 26.3 Å². The maximum Gasteiger partial charge on any atom is 0.0670 e. The summed E-state index contributed by atoms with van der Waals surface area (Å²) in [4.78, 5) is 2.31. The van der Waals surface area contributed by atoms with Gasteiger partial charge >= 0.3 is 0 Å². The number of rotatable bonds is 3. The molecule has 1 heterocycles. The van der Waals surface area contributed by atoms with Gasteiger partial charge in [0, 0.05) is 24.7 Å². The van der Waals surface area contributed by atoms with E-state index in [0.29, 0.717) is 6.04 Å². The Balaban J connectivity index is 2.07. The topological polar surface area (TPSA) is 12.5 Å². The minimum atomic E-state index is 0.542. The smallest absolute Gasteiger partial charge is 0.0670 e. The molecule has 15 heavy (non-hydrogen) atoms. The van der Waals surface area contributed by atoms with Crippen LogP contribution in [0.25, 0.3) is 0 Å². The van der Waals surface area contributed by atoms with Crippen LogP contribution >= 0.6 is 15.9 Å². The number of likely N-dealkylation sites (N-methyl/N-ethyl adjacent to an activating group) is 1. The molecule has 0 N–H and O–H groups in total. The zero-order chi connectivity index (χ0) is 10.7. The molecule has 1 saturated heterocycles. The van der Waals surface area contributed by atoms with Crippen molar-refractivity contribution in [2.75, 3.05) is 25.2 Å². The number of hydrogen-bond donors (Lipinski definition) is 0. The van der Waals surface area contributed by atoms with Crippen molar-refractivity contribution in [1.82, 2.24) is 0 Å². The zero-order valence-electron chi connectivity index (χ0n) is 8.95. The second-order valence-electron chi connectivity index (χ2n) is 3.93. The van der Waals surface area contributed by atoms with Crippen molar-refractivity contribution in [3.05, 3.63) is 29.8 Å². The molecule has 2 nitrogen and oxygen atoms in total. The SMILES string of the molecule is CN(c1ccc(CBr)cc1)C1CCOC1. The van der Waals surface area contributed by atoms with Crippen LogP contribution in [0.4, 0.5) is 5.69 Å². The maximum atomic E-state index is 5.40. The van der Waals surface area contributed by atoms with E-state index in [0.717, 1.165) is 25.0 Å². The van der Waals surface area contributed by atoms with Gasteiger partial charge in [0.1, 0.15) is 0 Å². The van der Waals surface area contributed by atoms with Crippen LogP contribution in [0.2, 0.25) is 0 Å². The molecule has 82 valence electrons. The lowest BCUT2D eigenvalue weighted by molar-refractivity contribution is 0.193. The van der Waals surface area contributed by atoms with E-state index in [1.165, 1.54) is 11.3 Å². The van der Waals surface area contributed by atoms with E-state index in [1.807, 2.05) is 0 Å². The molecule has 0 bridgehead atoms. The van der Waals surface area contributed by atoms with Crippen LogP contribution in [0.3, 0.4) is 0 Å². The van der Waals surface area contributed by atoms with Gasteiger partial charge in [0.25, 0.3) is 0 Å². The van der Waals surface area contributed by atoms with Gasteiger partial charge in [-0.3, -0.25) is 0 Å². The van der Waals surface area contributed by atoms with Crippen molar-refractivity contribution in [2.24, 2.45) is 0 Å². The Morgan fingerprint density at radius 1 is 1.40 bits per heavy atom. The van der Waals surface area contributed by atoms with Gasteiger partial charge in [0.15, 0.2) is 0 Å². The van der Waals surface area contributed by atoms with E-state index in [9.17, 15) is 0 Å². The summed E-state index contributed by atoms with van der Waals surface area (Å²) in [7, 11) is 2.14. The lowest BCUT2D eigenvalue weighted by Gasteiger charge is -2.25. The molecular weight excluding hydrogens is 254 g/mol. The molecule has 1 fully saturated rings. The summed E-state index contributed by atoms with van der Waals surface area (Å²) in [5.41, 5.74) is 2.59. The minimum absolute atomic E-state index is 0.542. The molecule has 1 aliphatic rings. The van der Waals surface area contributed by atoms with Crippen molar-refractivity contribution in [2.45, 2.75) is 17.8 Å². The average Bonchev–Trinajstić information content (AvgIpc) is 2.82. The normalized spacial score (nSPS) is 20.5. The van der Waals surface area contributed by atoms with Gasteiger partial charge in [-0.05, 0) is 24.1 Å². The zero-order valence-corrected chi connectivity index (χ0v) is 10.5. The molecule has 2 rings (SSSR count). The monoisotopic (exact) mass is 269 g/mol. The first-order valence-corrected chi connectivity index (χ1v) is 6.39. The van der Waals surface area contributed by atoms with Crippen LogP contribution < -0.4 is 4.90 Å². The summed E-state index contributed by atoms with van der Waals surface area (Å²) < 4.78 is 5.40. The van der Waals surface area contributed by atoms with E-state index in [-0.39, 0.29) is 0 Å². The largest absolute Gasteiger partial charge is 0.379 e. The van der Waals surface area contributed by atoms with E-state index in [4.69, 9.17) is 4.74 Å². The molecule has 0 aliphatic carbocycles. The molecule has 1 atom stereocenters. The highest BCUT2D eigenvalue weighted by Gasteiger charge is 2.20. The number of nitrogens with zero attached hydrogens (tertiary/aromatic N) is 1. The van der Waals surface area contributed by atoms with Crippen molar-refractivity contribution >= 4 is 21.6 Å². The number of halogens is 1. The van der Waals surface area contributed by atoms with Crippen LogP contribution in [0.5, 0.6) is 0 Å². The van der Waals surface area contributed by atoms with Gasteiger partial charge in [-0.15, -0.1) is 0 Å². The Morgan fingerprint density at radius 2 is 2.13 bits per heavy atom. The number of alkyl halides is 1. The highest BCUT2D eigenvalue weighted by molar-refractivity contribution is 9.08. The van der Waals surface area contributed by atoms with Crippen molar-refractivity contribution < 1.29 is 4.74 Å². The fourth-order valence-corrected chi connectivity index (χ4v) is 2.23. The van der Waals surface area contributed by atoms with E-state index in [2.05, 4.69) is 52.1 Å². The Morgan fingerprint density at radius 3 is 2.67 bits per heavy atom. The van der Waals surface area contributed by atoms with E-state index < -0.39 is 0 Å². The minimum Gasteiger partial charge on any atom is -0.379 e. The Labute approximate surface area is 99.4 Å². The van der Waals surface area contributed by atoms with Gasteiger partial charge in [-0.25, -0.2) is 0 Å². The third-order valence-electron chi connectivity index (χ3n) is 2.95. The Kier molecular flexibility index (Phi) is 3.65. The van der Waals surface area contributed by atoms with E-state index in [1.54, 1.807) is 0 Å². The molecule has 0 amide bonds. The molecule has 3 heteroatoms. The van der Waals surface area contributed by atoms with Gasteiger partial charge in [0.2, 0.25) is 0 Å². The van der Waals surface area contributed by atoms with Crippen LogP contribution in [-0.2, 0) is 10.1 Å². The lowest BCUT2D eigenvalue weighted by atomic mass is 10.1. The van der Waals surface area contributed by atoms with E-state index >= 15 is 0 Å². The molecule has 1 aromatic carbocycles. The predicted molar refractivity (Wildman–Crippen MR) is 66.7 cm³/mol. The summed E-state index contributed by atoms with van der Waals surface area (Å²) in [6.45, 7) is 1.76. The summed E-state index contributed by atoms with van der Waals surface area (Å²) in [5.74, 6) is 0. The highest BCUT2D eigenvalue weighted by atomic mass is 79.9. The third kappa shape index (κ3) is 2.52. The van der Waals surface area contributed by atoms with Crippen molar-refractivity contribution in [3.8, 4) is 0 Å². The first-order valence-electron chi connectivity index (χ1n) is 5.27. The van der Waals surface area contributed by atoms with Crippen LogP contribution in [0.15, 0.2) is 24.3 Å². The lowest BCUT2D eigenvalue weighted by Crippen LogP contribution is -2.31. The van der Waals surface area contributed by atoms with Gasteiger partial charge in [-0.2, -0.15) is 0 Å². The second-order valence-corrected chi connectivity index (χ2v) is 4.49. The van der Waals surface area contributed by atoms with Crippen LogP contribution in [0.1, 0.15) is 12.0 Å². The summed E-state index contributed by atoms with van der Waals surface area (Å²) in [5, 5.41) is 0.920. The molecule has 0 spiro atoms. The number of benzene rings is 1. The molecule has 0 saturated carbocycles. The molecular formula is C12H16BrNO. The number of hydrogen-bond acceptors (Lipinski definition) is 2. The van der Waals surface area contributed by atoms with Crippen molar-refractivity contribution in [3.63, 3.8) is 0 Å². The molecule has 1 aromatic rings. The highest BCUT2D eigenvalue weighted by Crippen LogP contribution is 2.21. The number of ether oxygens (including phenoxy) is 1. The molecule has 0 radical (unpaired) electrons. The Bertz CT molecular complexity index is 306. The summed E-state index contributed by atoms with van der Waals surface area (Å²) in [6.07, 6.45) is 1.14. The van der Waals surface area contributed by atoms with Gasteiger partial charge < -0.3 is 9.64 Å².